The maximum Gasteiger partial charge on any atom is 0.321 e. The summed E-state index contributed by atoms with van der Waals surface area (Å²) in [5, 5.41) is 19.7. The number of nitrogen functional groups attached to an aromatic ring is 1. The van der Waals surface area contributed by atoms with E-state index in [1.54, 1.807) is 17.0 Å². The quantitative estimate of drug-likeness (QED) is 0.238. The largest absolute Gasteiger partial charge is 0.480 e. The highest BCUT2D eigenvalue weighted by Gasteiger charge is 2.25. The number of amidine groups is 1. The molecule has 1 unspecified atom stereocenters. The van der Waals surface area contributed by atoms with E-state index >= 15 is 0 Å². The molecule has 8 nitrogen and oxygen atoms in total. The van der Waals surface area contributed by atoms with Crippen LogP contribution < -0.4 is 21.7 Å². The van der Waals surface area contributed by atoms with Crippen LogP contribution in [0.3, 0.4) is 0 Å². The highest BCUT2D eigenvalue weighted by Crippen LogP contribution is 2.27. The van der Waals surface area contributed by atoms with Crippen LogP contribution in [0.5, 0.6) is 0 Å². The maximum absolute atomic E-state index is 12.8. The summed E-state index contributed by atoms with van der Waals surface area (Å²) in [4.78, 5) is 25.4. The van der Waals surface area contributed by atoms with Crippen molar-refractivity contribution in [3.8, 4) is 11.8 Å². The van der Waals surface area contributed by atoms with Crippen LogP contribution in [0, 0.1) is 31.1 Å². The van der Waals surface area contributed by atoms with Gasteiger partial charge in [0.1, 0.15) is 11.9 Å². The number of aryl methyl sites for hydroxylation is 2. The molecular formula is C25H31N5O3. The average molecular weight is 450 g/mol. The molecule has 8 heteroatoms. The van der Waals surface area contributed by atoms with Gasteiger partial charge in [-0.2, -0.15) is 0 Å². The van der Waals surface area contributed by atoms with Crippen molar-refractivity contribution >= 4 is 29.1 Å². The van der Waals surface area contributed by atoms with E-state index in [2.05, 4.69) is 17.2 Å². The summed E-state index contributed by atoms with van der Waals surface area (Å²) >= 11 is 0. The molecule has 2 aromatic rings. The Kier molecular flexibility index (Phi) is 8.60. The lowest BCUT2D eigenvalue weighted by Gasteiger charge is -2.29. The van der Waals surface area contributed by atoms with Gasteiger partial charge in [0, 0.05) is 28.5 Å². The van der Waals surface area contributed by atoms with Gasteiger partial charge in [-0.25, -0.2) is 0 Å². The number of carboxylic acids is 1. The van der Waals surface area contributed by atoms with E-state index < -0.39 is 12.0 Å². The molecule has 174 valence electrons. The minimum absolute atomic E-state index is 0.0260. The van der Waals surface area contributed by atoms with Crippen molar-refractivity contribution in [2.45, 2.75) is 46.2 Å². The first-order valence-electron chi connectivity index (χ1n) is 10.6. The summed E-state index contributed by atoms with van der Waals surface area (Å²) < 4.78 is 0. The number of hydrogen-bond acceptors (Lipinski definition) is 5. The third kappa shape index (κ3) is 6.82. The average Bonchev–Trinajstić information content (AvgIpc) is 2.74. The van der Waals surface area contributed by atoms with Crippen LogP contribution in [0.15, 0.2) is 36.4 Å². The van der Waals surface area contributed by atoms with Crippen LogP contribution in [0.2, 0.25) is 0 Å². The predicted octanol–water partition coefficient (Wildman–Crippen LogP) is 2.59. The molecule has 0 radical (unpaired) electrons. The van der Waals surface area contributed by atoms with Gasteiger partial charge in [-0.15, -0.1) is 0 Å². The Bertz CT molecular complexity index is 1100. The molecule has 0 spiro atoms. The number of carboxylic acid groups (broad SMARTS) is 1. The smallest absolute Gasteiger partial charge is 0.321 e. The van der Waals surface area contributed by atoms with Crippen LogP contribution in [0.1, 0.15) is 42.5 Å². The number of carbonyl (C=O) groups is 2. The summed E-state index contributed by atoms with van der Waals surface area (Å²) in [6.07, 6.45) is -0.271. The number of anilines is 2. The van der Waals surface area contributed by atoms with Gasteiger partial charge in [-0.1, -0.05) is 11.8 Å². The number of nitrogens with one attached hydrogen (secondary N) is 2. The van der Waals surface area contributed by atoms with Gasteiger partial charge >= 0.3 is 5.97 Å². The van der Waals surface area contributed by atoms with E-state index in [0.717, 1.165) is 28.1 Å². The highest BCUT2D eigenvalue weighted by molar-refractivity contribution is 5.97. The van der Waals surface area contributed by atoms with E-state index in [9.17, 15) is 9.59 Å². The first-order valence-corrected chi connectivity index (χ1v) is 10.6. The molecule has 33 heavy (non-hydrogen) atoms. The second-order valence-corrected chi connectivity index (χ2v) is 8.11. The first-order chi connectivity index (χ1) is 15.5. The molecule has 1 amide bonds. The fraction of sp³-hybridized carbons (Fsp3) is 0.320. The predicted molar refractivity (Wildman–Crippen MR) is 132 cm³/mol. The van der Waals surface area contributed by atoms with E-state index in [1.807, 2.05) is 52.0 Å². The van der Waals surface area contributed by atoms with Gasteiger partial charge in [0.05, 0.1) is 13.0 Å². The van der Waals surface area contributed by atoms with Crippen molar-refractivity contribution < 1.29 is 14.7 Å². The molecule has 0 aliphatic rings. The molecule has 7 N–H and O–H groups in total. The summed E-state index contributed by atoms with van der Waals surface area (Å²) in [6.45, 7) is 8.01. The van der Waals surface area contributed by atoms with Crippen molar-refractivity contribution in [1.82, 2.24) is 0 Å². The lowest BCUT2D eigenvalue weighted by Crippen LogP contribution is -2.43. The Hall–Kier alpha value is -3.83. The Labute approximate surface area is 194 Å². The maximum atomic E-state index is 12.8. The molecule has 0 aliphatic heterocycles. The number of rotatable bonds is 8. The highest BCUT2D eigenvalue weighted by atomic mass is 16.4. The van der Waals surface area contributed by atoms with Crippen LogP contribution in [-0.2, 0) is 9.59 Å². The Morgan fingerprint density at radius 2 is 1.79 bits per heavy atom. The SMILES string of the molecule is Cc1cc(N(C(=O)CC(N)C(=O)O)C(C)C)c(C)cc1C#CCNc1ccc(C(=N)N)cc1. The zero-order valence-electron chi connectivity index (χ0n) is 19.4. The van der Waals surface area contributed by atoms with E-state index in [4.69, 9.17) is 22.0 Å². The van der Waals surface area contributed by atoms with Crippen molar-refractivity contribution in [2.75, 3.05) is 16.8 Å². The lowest BCUT2D eigenvalue weighted by atomic mass is 10.0. The van der Waals surface area contributed by atoms with Gasteiger partial charge in [0.15, 0.2) is 0 Å². The molecule has 0 aliphatic carbocycles. The van der Waals surface area contributed by atoms with Gasteiger partial charge in [-0.05, 0) is 75.2 Å². The van der Waals surface area contributed by atoms with Crippen LogP contribution in [0.25, 0.3) is 0 Å². The van der Waals surface area contributed by atoms with Crippen molar-refractivity contribution in [2.24, 2.45) is 11.5 Å². The summed E-state index contributed by atoms with van der Waals surface area (Å²) in [5.41, 5.74) is 15.9. The number of hydrogen-bond donors (Lipinski definition) is 5. The topological polar surface area (TPSA) is 146 Å². The zero-order chi connectivity index (χ0) is 24.7. The first kappa shape index (κ1) is 25.4. The minimum Gasteiger partial charge on any atom is -0.480 e. The van der Waals surface area contributed by atoms with Crippen molar-refractivity contribution in [1.29, 1.82) is 5.41 Å². The number of benzene rings is 2. The standard InChI is InChI=1S/C25H31N5O3/c1-15(2)30(23(31)14-21(26)25(32)33)22-13-16(3)19(12-17(22)4)6-5-11-29-20-9-7-18(8-10-20)24(27)28/h7-10,12-13,15,21,29H,11,14,26H2,1-4H3,(H3,27,28)(H,32,33). The monoisotopic (exact) mass is 449 g/mol. The van der Waals surface area contributed by atoms with Gasteiger partial charge < -0.3 is 26.8 Å². The molecule has 1 atom stereocenters. The molecule has 0 heterocycles. The van der Waals surface area contributed by atoms with Crippen molar-refractivity contribution in [3.63, 3.8) is 0 Å². The van der Waals surface area contributed by atoms with Gasteiger partial charge in [0.2, 0.25) is 5.91 Å². The Balaban J connectivity index is 2.16. The number of nitrogens with zero attached hydrogens (tertiary/aromatic N) is 1. The normalized spacial score (nSPS) is 11.3. The molecule has 0 aromatic heterocycles. The number of amides is 1. The second kappa shape index (κ2) is 11.2. The molecule has 0 fully saturated rings. The number of aliphatic carboxylic acids is 1. The minimum atomic E-state index is -1.24. The molecular weight excluding hydrogens is 418 g/mol. The molecule has 0 saturated heterocycles. The fourth-order valence-electron chi connectivity index (χ4n) is 3.32. The molecule has 2 aromatic carbocycles. The molecule has 2 rings (SSSR count). The van der Waals surface area contributed by atoms with Crippen LogP contribution in [-0.4, -0.2) is 41.4 Å². The molecule has 0 saturated carbocycles. The Morgan fingerprint density at radius 1 is 1.15 bits per heavy atom. The fourth-order valence-corrected chi connectivity index (χ4v) is 3.32. The van der Waals surface area contributed by atoms with Crippen LogP contribution in [0.4, 0.5) is 11.4 Å². The third-order valence-electron chi connectivity index (χ3n) is 5.10. The number of carbonyl (C=O) groups excluding carboxylic acids is 1. The van der Waals surface area contributed by atoms with Gasteiger partial charge in [-0.3, -0.25) is 15.0 Å². The van der Waals surface area contributed by atoms with Crippen molar-refractivity contribution in [3.05, 3.63) is 58.7 Å². The Morgan fingerprint density at radius 3 is 2.33 bits per heavy atom. The van der Waals surface area contributed by atoms with E-state index in [0.29, 0.717) is 12.1 Å². The van der Waals surface area contributed by atoms with Gasteiger partial charge in [0.25, 0.3) is 0 Å². The number of nitrogens with two attached hydrogens (primary N) is 2. The van der Waals surface area contributed by atoms with Crippen LogP contribution >= 0.6 is 0 Å². The summed E-state index contributed by atoms with van der Waals surface area (Å²) in [5.74, 6) is 4.75. The summed E-state index contributed by atoms with van der Waals surface area (Å²) in [7, 11) is 0. The second-order valence-electron chi connectivity index (χ2n) is 8.11. The van der Waals surface area contributed by atoms with E-state index in [-0.39, 0.29) is 24.2 Å². The third-order valence-corrected chi connectivity index (χ3v) is 5.10. The lowest BCUT2D eigenvalue weighted by molar-refractivity contribution is -0.140. The zero-order valence-corrected chi connectivity index (χ0v) is 19.4. The molecule has 0 bridgehead atoms. The van der Waals surface area contributed by atoms with E-state index in [1.165, 1.54) is 0 Å². The summed E-state index contributed by atoms with van der Waals surface area (Å²) in [6, 6.07) is 9.66.